The highest BCUT2D eigenvalue weighted by atomic mass is 16.1. The van der Waals surface area contributed by atoms with Gasteiger partial charge < -0.3 is 5.32 Å². The van der Waals surface area contributed by atoms with Crippen LogP contribution < -0.4 is 5.32 Å². The quantitative estimate of drug-likeness (QED) is 0.755. The number of carbonyl (C=O) groups is 1. The van der Waals surface area contributed by atoms with Crippen LogP contribution in [0.15, 0.2) is 42.7 Å². The third-order valence-electron chi connectivity index (χ3n) is 2.64. The molecule has 0 spiro atoms. The van der Waals surface area contributed by atoms with Crippen LogP contribution in [0.3, 0.4) is 0 Å². The number of fused-ring (bicyclic) bond motifs is 1. The molecule has 1 amide bonds. The van der Waals surface area contributed by atoms with Crippen molar-refractivity contribution in [2.45, 2.75) is 6.92 Å². The smallest absolute Gasteiger partial charge is 0.221 e. The topological polar surface area (TPSA) is 72.2 Å². The number of rotatable bonds is 2. The molecule has 3 rings (SSSR count). The number of nitrogens with zero attached hydrogens (tertiary/aromatic N) is 4. The average molecular weight is 253 g/mol. The Kier molecular flexibility index (Phi) is 2.68. The molecular weight excluding hydrogens is 242 g/mol. The van der Waals surface area contributed by atoms with E-state index in [1.165, 1.54) is 6.92 Å². The van der Waals surface area contributed by atoms with Gasteiger partial charge in [0.15, 0.2) is 5.65 Å². The second kappa shape index (κ2) is 4.49. The van der Waals surface area contributed by atoms with Crippen LogP contribution in [0.4, 0.5) is 5.69 Å². The first-order chi connectivity index (χ1) is 9.22. The van der Waals surface area contributed by atoms with Crippen molar-refractivity contribution in [3.05, 3.63) is 42.7 Å². The summed E-state index contributed by atoms with van der Waals surface area (Å²) in [5.41, 5.74) is 3.15. The van der Waals surface area contributed by atoms with Crippen molar-refractivity contribution in [3.8, 4) is 11.3 Å². The van der Waals surface area contributed by atoms with Gasteiger partial charge in [0, 0.05) is 18.2 Å². The molecule has 1 aromatic carbocycles. The molecule has 0 atom stereocenters. The largest absolute Gasteiger partial charge is 0.326 e. The Hall–Kier alpha value is -2.76. The van der Waals surface area contributed by atoms with Crippen LogP contribution in [0.5, 0.6) is 0 Å². The van der Waals surface area contributed by atoms with Crippen molar-refractivity contribution in [2.75, 3.05) is 5.32 Å². The van der Waals surface area contributed by atoms with Crippen molar-refractivity contribution in [1.29, 1.82) is 0 Å². The molecule has 94 valence electrons. The van der Waals surface area contributed by atoms with Crippen molar-refractivity contribution in [3.63, 3.8) is 0 Å². The average Bonchev–Trinajstić information content (AvgIpc) is 2.85. The molecule has 0 radical (unpaired) electrons. The lowest BCUT2D eigenvalue weighted by molar-refractivity contribution is -0.114. The number of amides is 1. The number of nitrogens with one attached hydrogen (secondary N) is 1. The molecule has 2 aromatic heterocycles. The summed E-state index contributed by atoms with van der Waals surface area (Å²) in [6.45, 7) is 1.48. The van der Waals surface area contributed by atoms with Crippen molar-refractivity contribution in [1.82, 2.24) is 19.8 Å². The minimum atomic E-state index is -0.0978. The molecule has 3 aromatic rings. The van der Waals surface area contributed by atoms with Crippen LogP contribution in [-0.2, 0) is 4.79 Å². The van der Waals surface area contributed by atoms with Crippen LogP contribution in [0, 0.1) is 0 Å². The van der Waals surface area contributed by atoms with E-state index in [1.54, 1.807) is 10.8 Å². The molecule has 0 aliphatic rings. The molecule has 19 heavy (non-hydrogen) atoms. The van der Waals surface area contributed by atoms with Crippen LogP contribution in [0.25, 0.3) is 16.9 Å². The Labute approximate surface area is 109 Å². The number of hydrogen-bond donors (Lipinski definition) is 1. The second-order valence-electron chi connectivity index (χ2n) is 4.11. The number of aromatic nitrogens is 4. The summed E-state index contributed by atoms with van der Waals surface area (Å²) < 4.78 is 1.61. The molecule has 0 unspecified atom stereocenters. The Balaban J connectivity index is 2.02. The Morgan fingerprint density at radius 3 is 3.00 bits per heavy atom. The van der Waals surface area contributed by atoms with E-state index in [9.17, 15) is 4.79 Å². The molecule has 0 aliphatic heterocycles. The van der Waals surface area contributed by atoms with Crippen LogP contribution in [0.2, 0.25) is 0 Å². The fourth-order valence-corrected chi connectivity index (χ4v) is 1.84. The normalized spacial score (nSPS) is 10.6. The Bertz CT molecular complexity index is 749. The van der Waals surface area contributed by atoms with Gasteiger partial charge in [-0.1, -0.05) is 12.1 Å². The molecule has 0 fully saturated rings. The third kappa shape index (κ3) is 2.28. The van der Waals surface area contributed by atoms with E-state index >= 15 is 0 Å². The molecule has 1 N–H and O–H groups in total. The lowest BCUT2D eigenvalue weighted by Crippen LogP contribution is -2.05. The summed E-state index contributed by atoms with van der Waals surface area (Å²) >= 11 is 0. The van der Waals surface area contributed by atoms with E-state index in [0.29, 0.717) is 5.65 Å². The van der Waals surface area contributed by atoms with Gasteiger partial charge in [0.2, 0.25) is 5.91 Å². The zero-order chi connectivity index (χ0) is 13.2. The lowest BCUT2D eigenvalue weighted by atomic mass is 10.1. The predicted octanol–water partition coefficient (Wildman–Crippen LogP) is 1.75. The minimum Gasteiger partial charge on any atom is -0.326 e. The molecule has 6 heteroatoms. The van der Waals surface area contributed by atoms with E-state index in [1.807, 2.05) is 36.4 Å². The van der Waals surface area contributed by atoms with Gasteiger partial charge in [-0.2, -0.15) is 9.61 Å². The maximum absolute atomic E-state index is 11.1. The minimum absolute atomic E-state index is 0.0978. The van der Waals surface area contributed by atoms with E-state index in [4.69, 9.17) is 0 Å². The van der Waals surface area contributed by atoms with E-state index in [0.717, 1.165) is 16.9 Å². The maximum Gasteiger partial charge on any atom is 0.221 e. The second-order valence-corrected chi connectivity index (χ2v) is 4.11. The summed E-state index contributed by atoms with van der Waals surface area (Å²) in [7, 11) is 0. The van der Waals surface area contributed by atoms with Crippen molar-refractivity contribution < 1.29 is 4.79 Å². The highest BCUT2D eigenvalue weighted by Crippen LogP contribution is 2.20. The molecule has 0 aliphatic carbocycles. The van der Waals surface area contributed by atoms with Gasteiger partial charge in [0.1, 0.15) is 6.33 Å². The van der Waals surface area contributed by atoms with Crippen LogP contribution in [-0.4, -0.2) is 25.7 Å². The maximum atomic E-state index is 11.1. The fraction of sp³-hybridized carbons (Fsp3) is 0.0769. The van der Waals surface area contributed by atoms with E-state index < -0.39 is 0 Å². The van der Waals surface area contributed by atoms with Gasteiger partial charge in [-0.15, -0.1) is 10.2 Å². The summed E-state index contributed by atoms with van der Waals surface area (Å²) in [6, 6.07) is 11.2. The number of benzene rings is 1. The van der Waals surface area contributed by atoms with Gasteiger partial charge in [0.25, 0.3) is 0 Å². The third-order valence-corrected chi connectivity index (χ3v) is 2.64. The summed E-state index contributed by atoms with van der Waals surface area (Å²) in [6.07, 6.45) is 1.55. The van der Waals surface area contributed by atoms with Gasteiger partial charge in [-0.05, 0) is 24.3 Å². The van der Waals surface area contributed by atoms with Crippen molar-refractivity contribution >= 4 is 17.2 Å². The molecule has 0 bridgehead atoms. The first-order valence-corrected chi connectivity index (χ1v) is 5.77. The number of hydrogen-bond acceptors (Lipinski definition) is 4. The highest BCUT2D eigenvalue weighted by Gasteiger charge is 2.04. The molecule has 0 saturated carbocycles. The molecule has 0 saturated heterocycles. The van der Waals surface area contributed by atoms with Gasteiger partial charge in [0.05, 0.1) is 5.69 Å². The first kappa shape index (κ1) is 11.3. The zero-order valence-corrected chi connectivity index (χ0v) is 10.2. The van der Waals surface area contributed by atoms with E-state index in [-0.39, 0.29) is 5.91 Å². The zero-order valence-electron chi connectivity index (χ0n) is 10.2. The highest BCUT2D eigenvalue weighted by molar-refractivity contribution is 5.89. The Morgan fingerprint density at radius 2 is 2.16 bits per heavy atom. The standard InChI is InChI=1S/C13H11N5O/c1-9(19)15-11-4-2-3-10(7-11)12-5-6-13-16-14-8-18(13)17-12/h2-8H,1H3,(H,15,19). The molecular formula is C13H11N5O. The van der Waals surface area contributed by atoms with Crippen LogP contribution >= 0.6 is 0 Å². The fourth-order valence-electron chi connectivity index (χ4n) is 1.84. The Morgan fingerprint density at radius 1 is 1.26 bits per heavy atom. The number of carbonyl (C=O) groups excluding carboxylic acids is 1. The van der Waals surface area contributed by atoms with Gasteiger partial charge >= 0.3 is 0 Å². The lowest BCUT2D eigenvalue weighted by Gasteiger charge is -2.05. The summed E-state index contributed by atoms with van der Waals surface area (Å²) in [5, 5.41) is 14.8. The molecule has 6 nitrogen and oxygen atoms in total. The van der Waals surface area contributed by atoms with E-state index in [2.05, 4.69) is 20.6 Å². The number of anilines is 1. The van der Waals surface area contributed by atoms with Crippen molar-refractivity contribution in [2.24, 2.45) is 0 Å². The molecule has 2 heterocycles. The van der Waals surface area contributed by atoms with Gasteiger partial charge in [-0.3, -0.25) is 4.79 Å². The first-order valence-electron chi connectivity index (χ1n) is 5.77. The summed E-state index contributed by atoms with van der Waals surface area (Å²) in [5.74, 6) is -0.0978. The predicted molar refractivity (Wildman–Crippen MR) is 70.5 cm³/mol. The van der Waals surface area contributed by atoms with Crippen LogP contribution in [0.1, 0.15) is 6.92 Å². The monoisotopic (exact) mass is 253 g/mol. The SMILES string of the molecule is CC(=O)Nc1cccc(-c2ccc3nncn3n2)c1. The van der Waals surface area contributed by atoms with Gasteiger partial charge in [-0.25, -0.2) is 0 Å². The summed E-state index contributed by atoms with van der Waals surface area (Å²) in [4.78, 5) is 11.1.